The van der Waals surface area contributed by atoms with Gasteiger partial charge in [0.15, 0.2) is 5.69 Å². The molecule has 0 saturated heterocycles. The normalized spacial score (nSPS) is 10.1. The van der Waals surface area contributed by atoms with Crippen LogP contribution in [0.5, 0.6) is 0 Å². The molecule has 0 aliphatic rings. The molecule has 0 fully saturated rings. The van der Waals surface area contributed by atoms with Crippen molar-refractivity contribution in [3.8, 4) is 0 Å². The summed E-state index contributed by atoms with van der Waals surface area (Å²) in [6.45, 7) is 0. The second-order valence-electron chi connectivity index (χ2n) is 3.47. The number of anilines is 2. The predicted molar refractivity (Wildman–Crippen MR) is 78.6 cm³/mol. The van der Waals surface area contributed by atoms with E-state index >= 15 is 0 Å². The number of aromatic carboxylic acids is 1. The summed E-state index contributed by atoms with van der Waals surface area (Å²) >= 11 is 7.94. The molecule has 0 aliphatic carbocycles. The average Bonchev–Trinajstić information content (AvgIpc) is 2.31. The third-order valence-corrected chi connectivity index (χ3v) is 3.12. The van der Waals surface area contributed by atoms with E-state index in [0.29, 0.717) is 5.82 Å². The molecular weight excluding hydrogens is 367 g/mol. The van der Waals surface area contributed by atoms with Crippen LogP contribution in [0.1, 0.15) is 10.5 Å². The molecule has 0 atom stereocenters. The molecule has 4 nitrogen and oxygen atoms in total. The van der Waals surface area contributed by atoms with Gasteiger partial charge in [-0.15, -0.1) is 0 Å². The highest BCUT2D eigenvalue weighted by Gasteiger charge is 2.11. The first kappa shape index (κ1) is 13.1. The van der Waals surface area contributed by atoms with E-state index in [4.69, 9.17) is 16.7 Å². The van der Waals surface area contributed by atoms with E-state index in [1.165, 1.54) is 6.07 Å². The van der Waals surface area contributed by atoms with Crippen LogP contribution in [-0.4, -0.2) is 16.1 Å². The number of rotatable bonds is 3. The smallest absolute Gasteiger partial charge is 0.356 e. The third-order valence-electron chi connectivity index (χ3n) is 2.15. The molecular formula is C12H8ClIN2O2. The van der Waals surface area contributed by atoms with E-state index in [1.54, 1.807) is 6.07 Å². The maximum absolute atomic E-state index is 10.9. The number of pyridine rings is 1. The van der Waals surface area contributed by atoms with Crippen molar-refractivity contribution in [2.45, 2.75) is 0 Å². The summed E-state index contributed by atoms with van der Waals surface area (Å²) in [6, 6.07) is 10.8. The largest absolute Gasteiger partial charge is 0.476 e. The fraction of sp³-hybridized carbons (Fsp3) is 0. The highest BCUT2D eigenvalue weighted by atomic mass is 127. The number of benzene rings is 1. The molecule has 0 amide bonds. The monoisotopic (exact) mass is 374 g/mol. The maximum Gasteiger partial charge on any atom is 0.356 e. The van der Waals surface area contributed by atoms with Crippen molar-refractivity contribution < 1.29 is 9.90 Å². The van der Waals surface area contributed by atoms with E-state index in [1.807, 2.05) is 24.3 Å². The van der Waals surface area contributed by atoms with Gasteiger partial charge in [0, 0.05) is 9.26 Å². The van der Waals surface area contributed by atoms with Gasteiger partial charge in [0.2, 0.25) is 0 Å². The first-order chi connectivity index (χ1) is 8.56. The highest BCUT2D eigenvalue weighted by molar-refractivity contribution is 14.1. The van der Waals surface area contributed by atoms with Gasteiger partial charge >= 0.3 is 5.97 Å². The van der Waals surface area contributed by atoms with Gasteiger partial charge in [-0.2, -0.15) is 0 Å². The van der Waals surface area contributed by atoms with E-state index in [9.17, 15) is 4.79 Å². The standard InChI is InChI=1S/C12H8ClIN2O2/c13-9-4-5-10(16-11(9)12(17)18)15-8-3-1-2-7(14)6-8/h1-6H,(H,15,16)(H,17,18). The lowest BCUT2D eigenvalue weighted by Gasteiger charge is -2.07. The number of hydrogen-bond donors (Lipinski definition) is 2. The summed E-state index contributed by atoms with van der Waals surface area (Å²) in [7, 11) is 0. The number of nitrogens with one attached hydrogen (secondary N) is 1. The zero-order valence-electron chi connectivity index (χ0n) is 9.02. The maximum atomic E-state index is 10.9. The minimum atomic E-state index is -1.15. The molecule has 0 saturated carbocycles. The molecule has 6 heteroatoms. The summed E-state index contributed by atoms with van der Waals surface area (Å²) in [5, 5.41) is 12.1. The van der Waals surface area contributed by atoms with Crippen molar-refractivity contribution in [1.29, 1.82) is 0 Å². The first-order valence-electron chi connectivity index (χ1n) is 4.98. The number of aromatic nitrogens is 1. The molecule has 18 heavy (non-hydrogen) atoms. The Kier molecular flexibility index (Phi) is 4.03. The fourth-order valence-electron chi connectivity index (χ4n) is 1.38. The Morgan fingerprint density at radius 2 is 2.11 bits per heavy atom. The van der Waals surface area contributed by atoms with Crippen molar-refractivity contribution in [2.24, 2.45) is 0 Å². The van der Waals surface area contributed by atoms with Crippen LogP contribution < -0.4 is 5.32 Å². The van der Waals surface area contributed by atoms with Crippen LogP contribution in [0.15, 0.2) is 36.4 Å². The SMILES string of the molecule is O=C(O)c1nc(Nc2cccc(I)c2)ccc1Cl. The van der Waals surface area contributed by atoms with Crippen molar-refractivity contribution in [1.82, 2.24) is 4.98 Å². The van der Waals surface area contributed by atoms with Gasteiger partial charge in [-0.25, -0.2) is 9.78 Å². The topological polar surface area (TPSA) is 62.2 Å². The van der Waals surface area contributed by atoms with Gasteiger partial charge < -0.3 is 10.4 Å². The van der Waals surface area contributed by atoms with Crippen molar-refractivity contribution in [3.63, 3.8) is 0 Å². The number of hydrogen-bond acceptors (Lipinski definition) is 3. The number of carboxylic acids is 1. The van der Waals surface area contributed by atoms with E-state index in [-0.39, 0.29) is 10.7 Å². The molecule has 0 bridgehead atoms. The van der Waals surface area contributed by atoms with Crippen LogP contribution >= 0.6 is 34.2 Å². The second-order valence-corrected chi connectivity index (χ2v) is 5.12. The van der Waals surface area contributed by atoms with E-state index < -0.39 is 5.97 Å². The molecule has 1 aromatic heterocycles. The summed E-state index contributed by atoms with van der Waals surface area (Å²) in [6.07, 6.45) is 0. The molecule has 0 spiro atoms. The van der Waals surface area contributed by atoms with Gasteiger partial charge in [-0.3, -0.25) is 0 Å². The molecule has 2 N–H and O–H groups in total. The summed E-state index contributed by atoms with van der Waals surface area (Å²) in [4.78, 5) is 14.9. The zero-order valence-corrected chi connectivity index (χ0v) is 11.9. The van der Waals surface area contributed by atoms with Crippen LogP contribution in [0.2, 0.25) is 5.02 Å². The molecule has 1 heterocycles. The van der Waals surface area contributed by atoms with Crippen LogP contribution in [0.3, 0.4) is 0 Å². The predicted octanol–water partition coefficient (Wildman–Crippen LogP) is 3.78. The molecule has 0 unspecified atom stereocenters. The Balaban J connectivity index is 2.30. The summed E-state index contributed by atoms with van der Waals surface area (Å²) in [5.74, 6) is -0.704. The number of halogens is 2. The molecule has 0 radical (unpaired) electrons. The highest BCUT2D eigenvalue weighted by Crippen LogP contribution is 2.21. The Hall–Kier alpha value is -1.34. The number of carboxylic acid groups (broad SMARTS) is 1. The van der Waals surface area contributed by atoms with E-state index in [2.05, 4.69) is 32.9 Å². The first-order valence-corrected chi connectivity index (χ1v) is 6.44. The Morgan fingerprint density at radius 3 is 2.78 bits per heavy atom. The lowest BCUT2D eigenvalue weighted by molar-refractivity contribution is 0.0691. The van der Waals surface area contributed by atoms with Crippen molar-refractivity contribution in [2.75, 3.05) is 5.32 Å². The van der Waals surface area contributed by atoms with Gasteiger partial charge in [-0.1, -0.05) is 17.7 Å². The van der Waals surface area contributed by atoms with Gasteiger partial charge in [-0.05, 0) is 52.9 Å². The molecule has 2 rings (SSSR count). The quantitative estimate of drug-likeness (QED) is 0.803. The third kappa shape index (κ3) is 3.11. The van der Waals surface area contributed by atoms with Crippen molar-refractivity contribution >= 4 is 51.7 Å². The zero-order chi connectivity index (χ0) is 13.1. The number of carbonyl (C=O) groups is 1. The second kappa shape index (κ2) is 5.53. The van der Waals surface area contributed by atoms with Gasteiger partial charge in [0.1, 0.15) is 5.82 Å². The molecule has 0 aliphatic heterocycles. The Bertz CT molecular complexity index is 604. The summed E-state index contributed by atoms with van der Waals surface area (Å²) in [5.41, 5.74) is 0.681. The van der Waals surface area contributed by atoms with Crippen molar-refractivity contribution in [3.05, 3.63) is 50.7 Å². The average molecular weight is 375 g/mol. The summed E-state index contributed by atoms with van der Waals surface area (Å²) < 4.78 is 1.07. The lowest BCUT2D eigenvalue weighted by Crippen LogP contribution is -2.04. The minimum Gasteiger partial charge on any atom is -0.476 e. The molecule has 2 aromatic rings. The lowest BCUT2D eigenvalue weighted by atomic mass is 10.3. The Labute approximate surface area is 122 Å². The van der Waals surface area contributed by atoms with Crippen LogP contribution in [0, 0.1) is 3.57 Å². The van der Waals surface area contributed by atoms with Gasteiger partial charge in [0.05, 0.1) is 5.02 Å². The fourth-order valence-corrected chi connectivity index (χ4v) is 2.11. The molecule has 1 aromatic carbocycles. The van der Waals surface area contributed by atoms with Gasteiger partial charge in [0.25, 0.3) is 0 Å². The van der Waals surface area contributed by atoms with E-state index in [0.717, 1.165) is 9.26 Å². The van der Waals surface area contributed by atoms with Crippen LogP contribution in [-0.2, 0) is 0 Å². The number of nitrogens with zero attached hydrogens (tertiary/aromatic N) is 1. The Morgan fingerprint density at radius 1 is 1.33 bits per heavy atom. The van der Waals surface area contributed by atoms with Crippen LogP contribution in [0.4, 0.5) is 11.5 Å². The minimum absolute atomic E-state index is 0.121. The molecule has 92 valence electrons. The van der Waals surface area contributed by atoms with Crippen LogP contribution in [0.25, 0.3) is 0 Å².